The number of hydrogen-bond donors (Lipinski definition) is 1. The largest absolute Gasteiger partial charge is 0.481 e. The van der Waals surface area contributed by atoms with Gasteiger partial charge in [0.05, 0.1) is 18.1 Å². The van der Waals surface area contributed by atoms with Crippen molar-refractivity contribution in [2.24, 2.45) is 0 Å². The van der Waals surface area contributed by atoms with Gasteiger partial charge in [-0.1, -0.05) is 12.1 Å². The van der Waals surface area contributed by atoms with Crippen molar-refractivity contribution in [2.75, 3.05) is 13.6 Å². The lowest BCUT2D eigenvalue weighted by atomic mass is 10.1. The van der Waals surface area contributed by atoms with Crippen molar-refractivity contribution in [1.29, 1.82) is 5.26 Å². The molecule has 0 aliphatic rings. The summed E-state index contributed by atoms with van der Waals surface area (Å²) >= 11 is 0. The van der Waals surface area contributed by atoms with E-state index in [0.717, 1.165) is 5.56 Å². The molecule has 0 saturated heterocycles. The molecule has 0 fully saturated rings. The summed E-state index contributed by atoms with van der Waals surface area (Å²) in [7, 11) is 1.88. The number of benzene rings is 1. The first-order valence-electron chi connectivity index (χ1n) is 5.01. The van der Waals surface area contributed by atoms with Gasteiger partial charge in [-0.05, 0) is 24.7 Å². The summed E-state index contributed by atoms with van der Waals surface area (Å²) in [5.41, 5.74) is 1.71. The molecule has 0 aliphatic carbocycles. The Hall–Kier alpha value is -1.86. The molecule has 0 radical (unpaired) electrons. The van der Waals surface area contributed by atoms with Crippen molar-refractivity contribution >= 4 is 5.97 Å². The summed E-state index contributed by atoms with van der Waals surface area (Å²) in [4.78, 5) is 12.3. The number of carboxylic acids is 1. The second kappa shape index (κ2) is 5.89. The molecule has 16 heavy (non-hydrogen) atoms. The molecule has 1 rings (SSSR count). The molecule has 4 heteroatoms. The average molecular weight is 218 g/mol. The van der Waals surface area contributed by atoms with Crippen LogP contribution in [-0.2, 0) is 11.3 Å². The molecular formula is C12H14N2O2. The Kier molecular flexibility index (Phi) is 4.49. The summed E-state index contributed by atoms with van der Waals surface area (Å²) in [6, 6.07) is 9.35. The van der Waals surface area contributed by atoms with Crippen molar-refractivity contribution in [1.82, 2.24) is 4.90 Å². The van der Waals surface area contributed by atoms with E-state index in [1.165, 1.54) is 0 Å². The number of carboxylic acid groups (broad SMARTS) is 1. The van der Waals surface area contributed by atoms with Crippen LogP contribution < -0.4 is 0 Å². The first-order chi connectivity index (χ1) is 7.61. The van der Waals surface area contributed by atoms with Crippen LogP contribution in [0.1, 0.15) is 17.5 Å². The van der Waals surface area contributed by atoms with Gasteiger partial charge in [0.2, 0.25) is 0 Å². The molecule has 1 N–H and O–H groups in total. The number of nitriles is 1. The van der Waals surface area contributed by atoms with Gasteiger partial charge in [-0.25, -0.2) is 0 Å². The minimum atomic E-state index is -0.785. The molecular weight excluding hydrogens is 204 g/mol. The Labute approximate surface area is 94.7 Å². The molecule has 0 unspecified atom stereocenters. The van der Waals surface area contributed by atoms with Gasteiger partial charge in [0.1, 0.15) is 0 Å². The van der Waals surface area contributed by atoms with Gasteiger partial charge in [0.15, 0.2) is 0 Å². The van der Waals surface area contributed by atoms with Gasteiger partial charge in [-0.2, -0.15) is 5.26 Å². The fraction of sp³-hybridized carbons (Fsp3) is 0.333. The lowest BCUT2D eigenvalue weighted by Gasteiger charge is -2.15. The monoisotopic (exact) mass is 218 g/mol. The Morgan fingerprint density at radius 1 is 1.44 bits per heavy atom. The van der Waals surface area contributed by atoms with Crippen molar-refractivity contribution in [3.63, 3.8) is 0 Å². The third-order valence-electron chi connectivity index (χ3n) is 2.24. The van der Waals surface area contributed by atoms with Gasteiger partial charge in [0, 0.05) is 13.1 Å². The molecule has 0 spiro atoms. The van der Waals surface area contributed by atoms with Crippen molar-refractivity contribution in [2.45, 2.75) is 13.0 Å². The van der Waals surface area contributed by atoms with Gasteiger partial charge in [0.25, 0.3) is 0 Å². The van der Waals surface area contributed by atoms with Gasteiger partial charge in [-0.3, -0.25) is 4.79 Å². The summed E-state index contributed by atoms with van der Waals surface area (Å²) < 4.78 is 0. The zero-order chi connectivity index (χ0) is 12.0. The predicted octanol–water partition coefficient (Wildman–Crippen LogP) is 1.46. The molecule has 1 aromatic rings. The molecule has 0 saturated carbocycles. The van der Waals surface area contributed by atoms with Crippen LogP contribution in [0.4, 0.5) is 0 Å². The van der Waals surface area contributed by atoms with Crippen LogP contribution in [0.25, 0.3) is 0 Å². The molecule has 1 aromatic carbocycles. The standard InChI is InChI=1S/C12H14N2O2/c1-14(7-6-12(15)16)9-11-4-2-10(8-13)3-5-11/h2-5H,6-7,9H2,1H3,(H,15,16). The van der Waals surface area contributed by atoms with E-state index in [-0.39, 0.29) is 6.42 Å². The van der Waals surface area contributed by atoms with Crippen LogP contribution in [0.5, 0.6) is 0 Å². The molecule has 4 nitrogen and oxygen atoms in total. The van der Waals surface area contributed by atoms with Crippen LogP contribution in [0.2, 0.25) is 0 Å². The summed E-state index contributed by atoms with van der Waals surface area (Å²) in [5.74, 6) is -0.785. The minimum absolute atomic E-state index is 0.146. The predicted molar refractivity (Wildman–Crippen MR) is 59.7 cm³/mol. The van der Waals surface area contributed by atoms with Crippen molar-refractivity contribution in [3.8, 4) is 6.07 Å². The highest BCUT2D eigenvalue weighted by molar-refractivity contribution is 5.66. The zero-order valence-electron chi connectivity index (χ0n) is 9.18. The van der Waals surface area contributed by atoms with E-state index in [4.69, 9.17) is 10.4 Å². The minimum Gasteiger partial charge on any atom is -0.481 e. The quantitative estimate of drug-likeness (QED) is 0.812. The Morgan fingerprint density at radius 2 is 2.06 bits per heavy atom. The van der Waals surface area contributed by atoms with Gasteiger partial charge < -0.3 is 10.0 Å². The topological polar surface area (TPSA) is 64.3 Å². The van der Waals surface area contributed by atoms with E-state index in [1.54, 1.807) is 12.1 Å². The van der Waals surface area contributed by atoms with Crippen molar-refractivity contribution < 1.29 is 9.90 Å². The maximum atomic E-state index is 10.4. The van der Waals surface area contributed by atoms with E-state index in [2.05, 4.69) is 6.07 Å². The van der Waals surface area contributed by atoms with Gasteiger partial charge >= 0.3 is 5.97 Å². The normalized spacial score (nSPS) is 10.1. The summed E-state index contributed by atoms with van der Waals surface area (Å²) in [6.45, 7) is 1.22. The third kappa shape index (κ3) is 4.11. The molecule has 84 valence electrons. The SMILES string of the molecule is CN(CCC(=O)O)Cc1ccc(C#N)cc1. The van der Waals surface area contributed by atoms with E-state index in [0.29, 0.717) is 18.7 Å². The van der Waals surface area contributed by atoms with Crippen molar-refractivity contribution in [3.05, 3.63) is 35.4 Å². The van der Waals surface area contributed by atoms with Crippen LogP contribution in [-0.4, -0.2) is 29.6 Å². The fourth-order valence-electron chi connectivity index (χ4n) is 1.36. The highest BCUT2D eigenvalue weighted by Crippen LogP contribution is 2.06. The molecule has 0 bridgehead atoms. The summed E-state index contributed by atoms with van der Waals surface area (Å²) in [6.07, 6.45) is 0.146. The molecule has 0 aromatic heterocycles. The highest BCUT2D eigenvalue weighted by Gasteiger charge is 2.03. The number of hydrogen-bond acceptors (Lipinski definition) is 3. The Morgan fingerprint density at radius 3 is 2.56 bits per heavy atom. The molecule has 0 amide bonds. The lowest BCUT2D eigenvalue weighted by Crippen LogP contribution is -2.21. The van der Waals surface area contributed by atoms with Crippen LogP contribution in [0.15, 0.2) is 24.3 Å². The molecule has 0 aliphatic heterocycles. The maximum Gasteiger partial charge on any atom is 0.304 e. The lowest BCUT2D eigenvalue weighted by molar-refractivity contribution is -0.137. The number of aliphatic carboxylic acids is 1. The first kappa shape index (κ1) is 12.2. The summed E-state index contributed by atoms with van der Waals surface area (Å²) in [5, 5.41) is 17.2. The van der Waals surface area contributed by atoms with E-state index < -0.39 is 5.97 Å². The average Bonchev–Trinajstić information content (AvgIpc) is 2.27. The second-order valence-corrected chi connectivity index (χ2v) is 3.69. The third-order valence-corrected chi connectivity index (χ3v) is 2.24. The zero-order valence-corrected chi connectivity index (χ0v) is 9.18. The molecule has 0 atom stereocenters. The van der Waals surface area contributed by atoms with E-state index >= 15 is 0 Å². The highest BCUT2D eigenvalue weighted by atomic mass is 16.4. The Bertz CT molecular complexity index is 392. The molecule has 0 heterocycles. The second-order valence-electron chi connectivity index (χ2n) is 3.69. The van der Waals surface area contributed by atoms with Crippen LogP contribution >= 0.6 is 0 Å². The van der Waals surface area contributed by atoms with Crippen LogP contribution in [0.3, 0.4) is 0 Å². The van der Waals surface area contributed by atoms with Gasteiger partial charge in [-0.15, -0.1) is 0 Å². The van der Waals surface area contributed by atoms with Crippen LogP contribution in [0, 0.1) is 11.3 Å². The van der Waals surface area contributed by atoms with E-state index in [9.17, 15) is 4.79 Å². The first-order valence-corrected chi connectivity index (χ1v) is 5.01. The number of nitrogens with zero attached hydrogens (tertiary/aromatic N) is 2. The maximum absolute atomic E-state index is 10.4. The smallest absolute Gasteiger partial charge is 0.304 e. The van der Waals surface area contributed by atoms with E-state index in [1.807, 2.05) is 24.1 Å². The number of carbonyl (C=O) groups is 1. The Balaban J connectivity index is 2.47. The number of rotatable bonds is 5. The fourth-order valence-corrected chi connectivity index (χ4v) is 1.36.